The summed E-state index contributed by atoms with van der Waals surface area (Å²) in [6.45, 7) is 0.482. The molecule has 2 rings (SSSR count). The SMILES string of the molecule is N#Cc1ccc(Nc2cc(C(F)(F)F)nc(NCCN)n2)cc1. The van der Waals surface area contributed by atoms with Gasteiger partial charge in [-0.3, -0.25) is 0 Å². The number of rotatable bonds is 5. The van der Waals surface area contributed by atoms with Crippen LogP contribution in [0.25, 0.3) is 0 Å². The van der Waals surface area contributed by atoms with Gasteiger partial charge in [0.15, 0.2) is 5.69 Å². The minimum atomic E-state index is -4.59. The fourth-order valence-corrected chi connectivity index (χ4v) is 1.70. The molecule has 0 aliphatic heterocycles. The molecule has 0 saturated carbocycles. The summed E-state index contributed by atoms with van der Waals surface area (Å²) in [7, 11) is 0. The number of nitrogens with two attached hydrogens (primary N) is 1. The number of hydrogen-bond acceptors (Lipinski definition) is 6. The van der Waals surface area contributed by atoms with Crippen LogP contribution in [0.2, 0.25) is 0 Å². The summed E-state index contributed by atoms with van der Waals surface area (Å²) in [6, 6.07) is 8.99. The van der Waals surface area contributed by atoms with Crippen LogP contribution in [0.1, 0.15) is 11.3 Å². The molecule has 0 aliphatic carbocycles. The smallest absolute Gasteiger partial charge is 0.353 e. The van der Waals surface area contributed by atoms with Crippen LogP contribution in [0.4, 0.5) is 30.6 Å². The van der Waals surface area contributed by atoms with Crippen LogP contribution in [0.3, 0.4) is 0 Å². The van der Waals surface area contributed by atoms with E-state index in [1.54, 1.807) is 24.3 Å². The van der Waals surface area contributed by atoms with Crippen molar-refractivity contribution in [2.45, 2.75) is 6.18 Å². The molecular weight excluding hydrogens is 309 g/mol. The highest BCUT2D eigenvalue weighted by atomic mass is 19.4. The summed E-state index contributed by atoms with van der Waals surface area (Å²) < 4.78 is 38.7. The summed E-state index contributed by atoms with van der Waals surface area (Å²) in [5, 5.41) is 14.1. The molecule has 1 heterocycles. The van der Waals surface area contributed by atoms with Crippen LogP contribution in [-0.4, -0.2) is 23.1 Å². The topological polar surface area (TPSA) is 99.7 Å². The summed E-state index contributed by atoms with van der Waals surface area (Å²) in [4.78, 5) is 7.39. The predicted octanol–water partition coefficient (Wildman–Crippen LogP) is 2.48. The van der Waals surface area contributed by atoms with Gasteiger partial charge >= 0.3 is 6.18 Å². The van der Waals surface area contributed by atoms with Gasteiger partial charge in [0.1, 0.15) is 5.82 Å². The highest BCUT2D eigenvalue weighted by Gasteiger charge is 2.33. The van der Waals surface area contributed by atoms with Crippen molar-refractivity contribution in [3.8, 4) is 6.07 Å². The molecule has 6 nitrogen and oxygen atoms in total. The van der Waals surface area contributed by atoms with E-state index in [1.807, 2.05) is 6.07 Å². The van der Waals surface area contributed by atoms with Crippen LogP contribution in [-0.2, 0) is 6.18 Å². The van der Waals surface area contributed by atoms with E-state index in [-0.39, 0.29) is 24.9 Å². The van der Waals surface area contributed by atoms with Gasteiger partial charge in [-0.25, -0.2) is 4.98 Å². The lowest BCUT2D eigenvalue weighted by molar-refractivity contribution is -0.141. The third kappa shape index (κ3) is 4.55. The molecule has 0 bridgehead atoms. The van der Waals surface area contributed by atoms with Crippen molar-refractivity contribution >= 4 is 17.5 Å². The molecule has 0 spiro atoms. The van der Waals surface area contributed by atoms with Crippen LogP contribution in [0, 0.1) is 11.3 Å². The zero-order chi connectivity index (χ0) is 16.9. The Kier molecular flexibility index (Phi) is 4.98. The van der Waals surface area contributed by atoms with Gasteiger partial charge in [-0.15, -0.1) is 0 Å². The van der Waals surface area contributed by atoms with Crippen molar-refractivity contribution < 1.29 is 13.2 Å². The van der Waals surface area contributed by atoms with E-state index >= 15 is 0 Å². The number of nitrogens with one attached hydrogen (secondary N) is 2. The van der Waals surface area contributed by atoms with Crippen molar-refractivity contribution in [2.75, 3.05) is 23.7 Å². The van der Waals surface area contributed by atoms with Gasteiger partial charge in [-0.05, 0) is 24.3 Å². The molecule has 0 fully saturated rings. The molecule has 0 radical (unpaired) electrons. The molecule has 0 aliphatic rings. The number of nitriles is 1. The molecule has 9 heteroatoms. The van der Waals surface area contributed by atoms with E-state index in [4.69, 9.17) is 11.0 Å². The van der Waals surface area contributed by atoms with Gasteiger partial charge in [-0.2, -0.15) is 23.4 Å². The standard InChI is InChI=1S/C14H13F3N6/c15-14(16,17)11-7-12(23-13(22-11)20-6-5-18)21-10-3-1-9(8-19)2-4-10/h1-4,7H,5-6,18H2,(H2,20,21,22,23). The van der Waals surface area contributed by atoms with E-state index in [1.165, 1.54) is 0 Å². The highest BCUT2D eigenvalue weighted by molar-refractivity contribution is 5.58. The van der Waals surface area contributed by atoms with E-state index in [2.05, 4.69) is 20.6 Å². The maximum Gasteiger partial charge on any atom is 0.433 e. The van der Waals surface area contributed by atoms with Crippen LogP contribution < -0.4 is 16.4 Å². The zero-order valence-corrected chi connectivity index (χ0v) is 11.9. The second-order valence-electron chi connectivity index (χ2n) is 4.49. The van der Waals surface area contributed by atoms with Crippen LogP contribution >= 0.6 is 0 Å². The van der Waals surface area contributed by atoms with Gasteiger partial charge < -0.3 is 16.4 Å². The first kappa shape index (κ1) is 16.5. The average molecular weight is 322 g/mol. The quantitative estimate of drug-likeness (QED) is 0.782. The van der Waals surface area contributed by atoms with Gasteiger partial charge in [0.25, 0.3) is 0 Å². The molecule has 0 unspecified atom stereocenters. The van der Waals surface area contributed by atoms with E-state index < -0.39 is 11.9 Å². The molecule has 0 amide bonds. The largest absolute Gasteiger partial charge is 0.433 e. The first-order chi connectivity index (χ1) is 10.9. The monoisotopic (exact) mass is 322 g/mol. The van der Waals surface area contributed by atoms with E-state index in [0.717, 1.165) is 6.07 Å². The Labute approximate surface area is 130 Å². The maximum atomic E-state index is 12.9. The molecule has 4 N–H and O–H groups in total. The predicted molar refractivity (Wildman–Crippen MR) is 79.0 cm³/mol. The molecule has 2 aromatic rings. The number of halogens is 3. The van der Waals surface area contributed by atoms with E-state index in [0.29, 0.717) is 11.3 Å². The Morgan fingerprint density at radius 1 is 1.17 bits per heavy atom. The summed E-state index contributed by atoms with van der Waals surface area (Å²) in [5.41, 5.74) is 5.18. The third-order valence-corrected chi connectivity index (χ3v) is 2.73. The molecular formula is C14H13F3N6. The van der Waals surface area contributed by atoms with Crippen molar-refractivity contribution in [3.05, 3.63) is 41.6 Å². The normalized spacial score (nSPS) is 10.9. The van der Waals surface area contributed by atoms with Crippen molar-refractivity contribution in [1.29, 1.82) is 5.26 Å². The molecule has 120 valence electrons. The number of alkyl halides is 3. The Bertz CT molecular complexity index is 706. The Hall–Kier alpha value is -2.86. The van der Waals surface area contributed by atoms with Gasteiger partial charge in [-0.1, -0.05) is 0 Å². The molecule has 0 saturated heterocycles. The fourth-order valence-electron chi connectivity index (χ4n) is 1.70. The minimum absolute atomic E-state index is 0.0171. The number of hydrogen-bond donors (Lipinski definition) is 3. The molecule has 23 heavy (non-hydrogen) atoms. The molecule has 0 atom stereocenters. The van der Waals surface area contributed by atoms with Crippen LogP contribution in [0.15, 0.2) is 30.3 Å². The molecule has 1 aromatic heterocycles. The van der Waals surface area contributed by atoms with Gasteiger partial charge in [0.2, 0.25) is 5.95 Å². The summed E-state index contributed by atoms with van der Waals surface area (Å²) >= 11 is 0. The van der Waals surface area contributed by atoms with Crippen LogP contribution in [0.5, 0.6) is 0 Å². The van der Waals surface area contributed by atoms with E-state index in [9.17, 15) is 13.2 Å². The Morgan fingerprint density at radius 2 is 1.87 bits per heavy atom. The molecule has 1 aromatic carbocycles. The number of benzene rings is 1. The van der Waals surface area contributed by atoms with Gasteiger partial charge in [0, 0.05) is 24.8 Å². The highest BCUT2D eigenvalue weighted by Crippen LogP contribution is 2.30. The number of anilines is 3. The zero-order valence-electron chi connectivity index (χ0n) is 11.9. The summed E-state index contributed by atoms with van der Waals surface area (Å²) in [5.74, 6) is -0.182. The van der Waals surface area contributed by atoms with Gasteiger partial charge in [0.05, 0.1) is 11.6 Å². The first-order valence-electron chi connectivity index (χ1n) is 6.60. The number of nitrogens with zero attached hydrogens (tertiary/aromatic N) is 3. The lowest BCUT2D eigenvalue weighted by Crippen LogP contribution is -2.17. The average Bonchev–Trinajstić information content (AvgIpc) is 2.52. The summed E-state index contributed by atoms with van der Waals surface area (Å²) in [6.07, 6.45) is -4.59. The lowest BCUT2D eigenvalue weighted by atomic mass is 10.2. The van der Waals surface area contributed by atoms with Crippen molar-refractivity contribution in [3.63, 3.8) is 0 Å². The second-order valence-corrected chi connectivity index (χ2v) is 4.49. The first-order valence-corrected chi connectivity index (χ1v) is 6.60. The minimum Gasteiger partial charge on any atom is -0.353 e. The van der Waals surface area contributed by atoms with Crippen molar-refractivity contribution in [2.24, 2.45) is 5.73 Å². The lowest BCUT2D eigenvalue weighted by Gasteiger charge is -2.12. The van der Waals surface area contributed by atoms with Crippen molar-refractivity contribution in [1.82, 2.24) is 9.97 Å². The second kappa shape index (κ2) is 6.93. The Balaban J connectivity index is 2.30. The number of aromatic nitrogens is 2. The fraction of sp³-hybridized carbons (Fsp3) is 0.214. The third-order valence-electron chi connectivity index (χ3n) is 2.73. The maximum absolute atomic E-state index is 12.9. The Morgan fingerprint density at radius 3 is 2.43 bits per heavy atom.